The van der Waals surface area contributed by atoms with E-state index in [0.29, 0.717) is 17.2 Å². The summed E-state index contributed by atoms with van der Waals surface area (Å²) in [5, 5.41) is 8.83. The highest BCUT2D eigenvalue weighted by Crippen LogP contribution is 2.35. The van der Waals surface area contributed by atoms with E-state index in [1.54, 1.807) is 34.8 Å². The molecule has 5 nitrogen and oxygen atoms in total. The van der Waals surface area contributed by atoms with E-state index in [9.17, 15) is 9.18 Å². The van der Waals surface area contributed by atoms with Crippen LogP contribution in [0.25, 0.3) is 11.0 Å². The molecule has 0 unspecified atom stereocenters. The van der Waals surface area contributed by atoms with Gasteiger partial charge in [0.1, 0.15) is 5.82 Å². The van der Waals surface area contributed by atoms with Crippen LogP contribution in [0.4, 0.5) is 4.39 Å². The van der Waals surface area contributed by atoms with Crippen LogP contribution in [0.3, 0.4) is 0 Å². The summed E-state index contributed by atoms with van der Waals surface area (Å²) in [5.74, 6) is -0.435. The molecule has 1 amide bonds. The molecule has 0 fully saturated rings. The number of nitrogens with one attached hydrogen (secondary N) is 1. The molecule has 0 aliphatic heterocycles. The molecular weight excluding hydrogens is 387 g/mol. The van der Waals surface area contributed by atoms with Crippen molar-refractivity contribution in [3.63, 3.8) is 0 Å². The molecule has 0 saturated carbocycles. The zero-order chi connectivity index (χ0) is 21.3. The van der Waals surface area contributed by atoms with Gasteiger partial charge >= 0.3 is 0 Å². The smallest absolute Gasteiger partial charge is 0.254 e. The molecule has 0 atom stereocenters. The van der Waals surface area contributed by atoms with Crippen LogP contribution in [0.5, 0.6) is 0 Å². The fraction of sp³-hybridized carbons (Fsp3) is 0.409. The maximum atomic E-state index is 13.2. The number of nitrogens with zero attached hydrogens (tertiary/aromatic N) is 3. The molecular formula is C22H27FN4OS. The van der Waals surface area contributed by atoms with Crippen LogP contribution < -0.4 is 5.32 Å². The minimum Gasteiger partial charge on any atom is -0.347 e. The van der Waals surface area contributed by atoms with Gasteiger partial charge in [-0.05, 0) is 44.9 Å². The van der Waals surface area contributed by atoms with E-state index in [-0.39, 0.29) is 11.7 Å². The van der Waals surface area contributed by atoms with Crippen molar-refractivity contribution in [2.45, 2.75) is 56.7 Å². The van der Waals surface area contributed by atoms with E-state index in [4.69, 9.17) is 0 Å². The van der Waals surface area contributed by atoms with Crippen molar-refractivity contribution in [3.8, 4) is 0 Å². The highest BCUT2D eigenvalue weighted by molar-refractivity contribution is 8.00. The SMILES string of the molecule is Cc1nn(C)c2ncc(C(=O)NC(C)(C)Cc3ccc(F)cc3)c(SC(C)C)c12. The van der Waals surface area contributed by atoms with Crippen molar-refractivity contribution in [1.29, 1.82) is 0 Å². The average molecular weight is 415 g/mol. The number of thioether (sulfide) groups is 1. The Hall–Kier alpha value is -2.41. The molecule has 3 aromatic rings. The lowest BCUT2D eigenvalue weighted by Crippen LogP contribution is -2.45. The van der Waals surface area contributed by atoms with Crippen molar-refractivity contribution < 1.29 is 9.18 Å². The number of hydrogen-bond donors (Lipinski definition) is 1. The Balaban J connectivity index is 1.93. The Morgan fingerprint density at radius 2 is 1.93 bits per heavy atom. The molecule has 0 aliphatic rings. The van der Waals surface area contributed by atoms with Gasteiger partial charge in [0.2, 0.25) is 0 Å². The van der Waals surface area contributed by atoms with Gasteiger partial charge in [-0.1, -0.05) is 26.0 Å². The van der Waals surface area contributed by atoms with Crippen LogP contribution in [-0.4, -0.2) is 31.5 Å². The molecule has 154 valence electrons. The number of pyridine rings is 1. The average Bonchev–Trinajstić information content (AvgIpc) is 2.90. The quantitative estimate of drug-likeness (QED) is 0.596. The number of fused-ring (bicyclic) bond motifs is 1. The van der Waals surface area contributed by atoms with Crippen molar-refractivity contribution in [2.24, 2.45) is 7.05 Å². The summed E-state index contributed by atoms with van der Waals surface area (Å²) in [5.41, 5.74) is 2.64. The molecule has 2 heterocycles. The first kappa shape index (κ1) is 21.3. The number of amides is 1. The Kier molecular flexibility index (Phi) is 5.98. The summed E-state index contributed by atoms with van der Waals surface area (Å²) in [4.78, 5) is 18.6. The lowest BCUT2D eigenvalue weighted by molar-refractivity contribution is 0.0910. The van der Waals surface area contributed by atoms with Crippen molar-refractivity contribution in [1.82, 2.24) is 20.1 Å². The number of aryl methyl sites for hydroxylation is 2. The lowest BCUT2D eigenvalue weighted by atomic mass is 9.94. The van der Waals surface area contributed by atoms with Crippen LogP contribution in [0.2, 0.25) is 0 Å². The molecule has 29 heavy (non-hydrogen) atoms. The van der Waals surface area contributed by atoms with E-state index in [0.717, 1.165) is 27.2 Å². The minimum absolute atomic E-state index is 0.169. The monoisotopic (exact) mass is 414 g/mol. The summed E-state index contributed by atoms with van der Waals surface area (Å²) in [6.07, 6.45) is 2.23. The highest BCUT2D eigenvalue weighted by atomic mass is 32.2. The van der Waals surface area contributed by atoms with Gasteiger partial charge in [0.05, 0.1) is 16.6 Å². The molecule has 1 N–H and O–H groups in total. The fourth-order valence-corrected chi connectivity index (χ4v) is 4.53. The number of rotatable bonds is 6. The van der Waals surface area contributed by atoms with E-state index >= 15 is 0 Å². The molecule has 0 aliphatic carbocycles. The third-order valence-corrected chi connectivity index (χ3v) is 5.72. The molecule has 3 rings (SSSR count). The van der Waals surface area contributed by atoms with E-state index in [1.165, 1.54) is 12.1 Å². The van der Waals surface area contributed by atoms with Gasteiger partial charge in [0, 0.05) is 28.9 Å². The van der Waals surface area contributed by atoms with Gasteiger partial charge < -0.3 is 5.32 Å². The third-order valence-electron chi connectivity index (χ3n) is 4.59. The Morgan fingerprint density at radius 3 is 2.55 bits per heavy atom. The second-order valence-corrected chi connectivity index (χ2v) is 9.80. The summed E-state index contributed by atoms with van der Waals surface area (Å²) in [7, 11) is 1.86. The minimum atomic E-state index is -0.506. The first-order chi connectivity index (χ1) is 13.6. The summed E-state index contributed by atoms with van der Waals surface area (Å²) >= 11 is 1.65. The molecule has 0 bridgehead atoms. The van der Waals surface area contributed by atoms with Crippen molar-refractivity contribution >= 4 is 28.7 Å². The predicted molar refractivity (Wildman–Crippen MR) is 116 cm³/mol. The normalized spacial score (nSPS) is 12.0. The Bertz CT molecular complexity index is 1040. The highest BCUT2D eigenvalue weighted by Gasteiger charge is 2.26. The Morgan fingerprint density at radius 1 is 1.28 bits per heavy atom. The molecule has 2 aromatic heterocycles. The zero-order valence-corrected chi connectivity index (χ0v) is 18.5. The standard InChI is InChI=1S/C22H27FN4OS/c1-13(2)29-19-17(12-24-20-18(19)14(3)26-27(20)6)21(28)25-22(4,5)11-15-7-9-16(23)10-8-15/h7-10,12-13H,11H2,1-6H3,(H,25,28). The van der Waals surface area contributed by atoms with Crippen LogP contribution in [0.15, 0.2) is 35.4 Å². The largest absolute Gasteiger partial charge is 0.347 e. The van der Waals surface area contributed by atoms with Gasteiger partial charge in [0.15, 0.2) is 5.65 Å². The third kappa shape index (κ3) is 4.78. The van der Waals surface area contributed by atoms with Gasteiger partial charge in [-0.15, -0.1) is 11.8 Å². The summed E-state index contributed by atoms with van der Waals surface area (Å²) in [6.45, 7) is 10.1. The predicted octanol–water partition coefficient (Wildman–Crippen LogP) is 4.67. The van der Waals surface area contributed by atoms with Crippen molar-refractivity contribution in [2.75, 3.05) is 0 Å². The number of halogens is 1. The molecule has 0 radical (unpaired) electrons. The first-order valence-electron chi connectivity index (χ1n) is 9.63. The fourth-order valence-electron chi connectivity index (χ4n) is 3.43. The second-order valence-electron chi connectivity index (χ2n) is 8.22. The summed E-state index contributed by atoms with van der Waals surface area (Å²) in [6, 6.07) is 6.37. The molecule has 0 saturated heterocycles. The first-order valence-corrected chi connectivity index (χ1v) is 10.5. The number of aromatic nitrogens is 3. The van der Waals surface area contributed by atoms with E-state index in [1.807, 2.05) is 27.8 Å². The topological polar surface area (TPSA) is 59.8 Å². The molecule has 0 spiro atoms. The lowest BCUT2D eigenvalue weighted by Gasteiger charge is -2.27. The second kappa shape index (κ2) is 8.14. The van der Waals surface area contributed by atoms with Crippen LogP contribution >= 0.6 is 11.8 Å². The van der Waals surface area contributed by atoms with Crippen molar-refractivity contribution in [3.05, 3.63) is 53.1 Å². The van der Waals surface area contributed by atoms with Crippen LogP contribution in [-0.2, 0) is 13.5 Å². The zero-order valence-electron chi connectivity index (χ0n) is 17.7. The molecule has 1 aromatic carbocycles. The number of carbonyl (C=O) groups excluding carboxylic acids is 1. The maximum Gasteiger partial charge on any atom is 0.254 e. The number of benzene rings is 1. The maximum absolute atomic E-state index is 13.2. The van der Waals surface area contributed by atoms with Gasteiger partial charge in [-0.2, -0.15) is 5.10 Å². The number of carbonyl (C=O) groups is 1. The van der Waals surface area contributed by atoms with Crippen LogP contribution in [0.1, 0.15) is 49.3 Å². The van der Waals surface area contributed by atoms with Gasteiger partial charge in [-0.25, -0.2) is 9.37 Å². The molecule has 7 heteroatoms. The van der Waals surface area contributed by atoms with E-state index in [2.05, 4.69) is 29.2 Å². The van der Waals surface area contributed by atoms with Crippen LogP contribution in [0, 0.1) is 12.7 Å². The van der Waals surface area contributed by atoms with Gasteiger partial charge in [0.25, 0.3) is 5.91 Å². The van der Waals surface area contributed by atoms with E-state index < -0.39 is 5.54 Å². The van der Waals surface area contributed by atoms with Gasteiger partial charge in [-0.3, -0.25) is 9.48 Å². The Labute approximate surface area is 175 Å². The number of hydrogen-bond acceptors (Lipinski definition) is 4. The summed E-state index contributed by atoms with van der Waals surface area (Å²) < 4.78 is 14.9.